The highest BCUT2D eigenvalue weighted by atomic mass is 79.9. The molecule has 0 aliphatic carbocycles. The van der Waals surface area contributed by atoms with Gasteiger partial charge in [-0.1, -0.05) is 0 Å². The number of hydrogen-bond donors (Lipinski definition) is 1. The van der Waals surface area contributed by atoms with Crippen molar-refractivity contribution in [2.24, 2.45) is 7.05 Å². The van der Waals surface area contributed by atoms with Gasteiger partial charge >= 0.3 is 5.97 Å². The quantitative estimate of drug-likeness (QED) is 0.819. The van der Waals surface area contributed by atoms with Gasteiger partial charge < -0.3 is 10.1 Å². The average Bonchev–Trinajstić information content (AvgIpc) is 2.29. The van der Waals surface area contributed by atoms with Crippen LogP contribution in [0.15, 0.2) is 15.5 Å². The van der Waals surface area contributed by atoms with Crippen LogP contribution in [-0.4, -0.2) is 28.9 Å². The Morgan fingerprint density at radius 2 is 2.35 bits per heavy atom. The van der Waals surface area contributed by atoms with Gasteiger partial charge in [-0.2, -0.15) is 5.10 Å². The van der Waals surface area contributed by atoms with E-state index in [0.717, 1.165) is 0 Å². The first-order valence-corrected chi connectivity index (χ1v) is 5.96. The van der Waals surface area contributed by atoms with Crippen LogP contribution in [-0.2, 0) is 16.6 Å². The molecular weight excluding hydrogens is 290 g/mol. The summed E-state index contributed by atoms with van der Waals surface area (Å²) in [5.41, 5.74) is 0.337. The molecule has 0 amide bonds. The van der Waals surface area contributed by atoms with Crippen LogP contribution in [0, 0.1) is 0 Å². The van der Waals surface area contributed by atoms with E-state index in [0.29, 0.717) is 23.3 Å². The summed E-state index contributed by atoms with van der Waals surface area (Å²) >= 11 is 3.18. The number of ether oxygens (including phenoxy) is 1. The zero-order valence-corrected chi connectivity index (χ0v) is 11.3. The van der Waals surface area contributed by atoms with E-state index in [1.54, 1.807) is 14.0 Å². The van der Waals surface area contributed by atoms with Gasteiger partial charge in [0.25, 0.3) is 5.56 Å². The summed E-state index contributed by atoms with van der Waals surface area (Å²) in [4.78, 5) is 22.6. The molecule has 17 heavy (non-hydrogen) atoms. The fourth-order valence-corrected chi connectivity index (χ4v) is 1.67. The third-order valence-electron chi connectivity index (χ3n) is 2.03. The Labute approximate surface area is 107 Å². The summed E-state index contributed by atoms with van der Waals surface area (Å²) in [6.45, 7) is 2.52. The van der Waals surface area contributed by atoms with Crippen LogP contribution in [0.4, 0.5) is 5.69 Å². The summed E-state index contributed by atoms with van der Waals surface area (Å²) in [6, 6.07) is 0. The molecule has 0 spiro atoms. The lowest BCUT2D eigenvalue weighted by Gasteiger charge is -2.08. The van der Waals surface area contributed by atoms with Gasteiger partial charge in [0.05, 0.1) is 24.9 Å². The first-order chi connectivity index (χ1) is 8.06. The maximum atomic E-state index is 11.5. The van der Waals surface area contributed by atoms with Gasteiger partial charge in [-0.05, 0) is 22.9 Å². The molecule has 0 bridgehead atoms. The SMILES string of the molecule is CCOC(=O)CCNc1cnn(C)c(=O)c1Br. The molecule has 1 aromatic heterocycles. The van der Waals surface area contributed by atoms with Gasteiger partial charge in [0.1, 0.15) is 4.47 Å². The second-order valence-corrected chi connectivity index (χ2v) is 4.08. The van der Waals surface area contributed by atoms with Gasteiger partial charge in [-0.3, -0.25) is 9.59 Å². The zero-order chi connectivity index (χ0) is 12.8. The average molecular weight is 304 g/mol. The first kappa shape index (κ1) is 13.7. The lowest BCUT2D eigenvalue weighted by atomic mass is 10.4. The van der Waals surface area contributed by atoms with Gasteiger partial charge in [-0.15, -0.1) is 0 Å². The number of halogens is 1. The summed E-state index contributed by atoms with van der Waals surface area (Å²) in [5.74, 6) is -0.270. The molecule has 0 radical (unpaired) electrons. The van der Waals surface area contributed by atoms with Gasteiger partial charge in [0.2, 0.25) is 0 Å². The van der Waals surface area contributed by atoms with Crippen LogP contribution in [0.25, 0.3) is 0 Å². The molecule has 0 unspecified atom stereocenters. The minimum atomic E-state index is -0.270. The van der Waals surface area contributed by atoms with Crippen LogP contribution < -0.4 is 10.9 Å². The number of nitrogens with zero attached hydrogens (tertiary/aromatic N) is 2. The van der Waals surface area contributed by atoms with E-state index in [9.17, 15) is 9.59 Å². The predicted molar refractivity (Wildman–Crippen MR) is 66.9 cm³/mol. The third kappa shape index (κ3) is 3.85. The van der Waals surface area contributed by atoms with Gasteiger partial charge in [0, 0.05) is 13.6 Å². The molecule has 0 saturated carbocycles. The smallest absolute Gasteiger partial charge is 0.307 e. The Morgan fingerprint density at radius 3 is 3.00 bits per heavy atom. The number of carbonyl (C=O) groups is 1. The molecule has 0 atom stereocenters. The van der Waals surface area contributed by atoms with E-state index in [1.165, 1.54) is 10.9 Å². The van der Waals surface area contributed by atoms with Crippen molar-refractivity contribution in [1.29, 1.82) is 0 Å². The molecule has 1 N–H and O–H groups in total. The first-order valence-electron chi connectivity index (χ1n) is 5.17. The van der Waals surface area contributed by atoms with Crippen molar-refractivity contribution in [3.8, 4) is 0 Å². The number of nitrogens with one attached hydrogen (secondary N) is 1. The minimum Gasteiger partial charge on any atom is -0.466 e. The van der Waals surface area contributed by atoms with E-state index >= 15 is 0 Å². The predicted octanol–water partition coefficient (Wildman–Crippen LogP) is 0.908. The molecule has 1 rings (SSSR count). The van der Waals surface area contributed by atoms with Crippen LogP contribution >= 0.6 is 15.9 Å². The second-order valence-electron chi connectivity index (χ2n) is 3.28. The maximum Gasteiger partial charge on any atom is 0.307 e. The van der Waals surface area contributed by atoms with E-state index in [4.69, 9.17) is 4.74 Å². The molecule has 0 aliphatic rings. The molecule has 0 aliphatic heterocycles. The normalized spacial score (nSPS) is 10.1. The maximum absolute atomic E-state index is 11.5. The van der Waals surface area contributed by atoms with Gasteiger partial charge in [0.15, 0.2) is 0 Å². The highest BCUT2D eigenvalue weighted by Crippen LogP contribution is 2.15. The highest BCUT2D eigenvalue weighted by Gasteiger charge is 2.07. The standard InChI is InChI=1S/C10H14BrN3O3/c1-3-17-8(15)4-5-12-7-6-13-14(2)10(16)9(7)11/h6,12H,3-5H2,1-2H3. The van der Waals surface area contributed by atoms with Crippen LogP contribution in [0.2, 0.25) is 0 Å². The number of anilines is 1. The Balaban J connectivity index is 2.56. The lowest BCUT2D eigenvalue weighted by molar-refractivity contribution is -0.142. The highest BCUT2D eigenvalue weighted by molar-refractivity contribution is 9.10. The van der Waals surface area contributed by atoms with Crippen molar-refractivity contribution in [2.45, 2.75) is 13.3 Å². The minimum absolute atomic E-state index is 0.230. The van der Waals surface area contributed by atoms with Crippen molar-refractivity contribution in [1.82, 2.24) is 9.78 Å². The molecular formula is C10H14BrN3O3. The fraction of sp³-hybridized carbons (Fsp3) is 0.500. The van der Waals surface area contributed by atoms with Crippen LogP contribution in [0.5, 0.6) is 0 Å². The Kier molecular flexibility index (Phi) is 5.14. The second kappa shape index (κ2) is 6.39. The van der Waals surface area contributed by atoms with Crippen LogP contribution in [0.3, 0.4) is 0 Å². The van der Waals surface area contributed by atoms with Crippen LogP contribution in [0.1, 0.15) is 13.3 Å². The summed E-state index contributed by atoms with van der Waals surface area (Å²) in [5, 5.41) is 6.82. The fourth-order valence-electron chi connectivity index (χ4n) is 1.17. The topological polar surface area (TPSA) is 73.2 Å². The number of esters is 1. The molecule has 7 heteroatoms. The Morgan fingerprint density at radius 1 is 1.65 bits per heavy atom. The summed E-state index contributed by atoms with van der Waals surface area (Å²) in [7, 11) is 1.56. The van der Waals surface area contributed by atoms with E-state index < -0.39 is 0 Å². The van der Waals surface area contributed by atoms with Crippen molar-refractivity contribution >= 4 is 27.6 Å². The number of rotatable bonds is 5. The monoisotopic (exact) mass is 303 g/mol. The molecule has 1 aromatic rings. The van der Waals surface area contributed by atoms with E-state index in [2.05, 4.69) is 26.3 Å². The van der Waals surface area contributed by atoms with Crippen molar-refractivity contribution in [3.05, 3.63) is 21.0 Å². The number of carbonyl (C=O) groups excluding carboxylic acids is 1. The largest absolute Gasteiger partial charge is 0.466 e. The molecule has 1 heterocycles. The Bertz CT molecular complexity index is 459. The van der Waals surface area contributed by atoms with E-state index in [-0.39, 0.29) is 17.9 Å². The van der Waals surface area contributed by atoms with E-state index in [1.807, 2.05) is 0 Å². The number of aryl methyl sites for hydroxylation is 1. The van der Waals surface area contributed by atoms with Crippen molar-refractivity contribution in [2.75, 3.05) is 18.5 Å². The van der Waals surface area contributed by atoms with Gasteiger partial charge in [-0.25, -0.2) is 4.68 Å². The third-order valence-corrected chi connectivity index (χ3v) is 2.79. The lowest BCUT2D eigenvalue weighted by Crippen LogP contribution is -2.22. The number of hydrogen-bond acceptors (Lipinski definition) is 5. The molecule has 94 valence electrons. The molecule has 6 nitrogen and oxygen atoms in total. The zero-order valence-electron chi connectivity index (χ0n) is 9.70. The van der Waals surface area contributed by atoms with Crippen molar-refractivity contribution < 1.29 is 9.53 Å². The number of aromatic nitrogens is 2. The summed E-state index contributed by atoms with van der Waals surface area (Å²) < 4.78 is 6.41. The molecule has 0 aromatic carbocycles. The molecule has 0 saturated heterocycles. The Hall–Kier alpha value is -1.37. The summed E-state index contributed by atoms with van der Waals surface area (Å²) in [6.07, 6.45) is 1.77. The molecule has 0 fully saturated rings. The van der Waals surface area contributed by atoms with Crippen molar-refractivity contribution in [3.63, 3.8) is 0 Å².